The van der Waals surface area contributed by atoms with Crippen molar-refractivity contribution in [2.45, 2.75) is 38.6 Å². The molecule has 0 spiro atoms. The molecule has 0 amide bonds. The number of aromatic nitrogens is 2. The quantitative estimate of drug-likeness (QED) is 0.802. The van der Waals surface area contributed by atoms with Gasteiger partial charge in [0.15, 0.2) is 6.29 Å². The summed E-state index contributed by atoms with van der Waals surface area (Å²) in [6.07, 6.45) is 7.76. The first kappa shape index (κ1) is 13.3. The van der Waals surface area contributed by atoms with Crippen molar-refractivity contribution in [1.29, 1.82) is 0 Å². The highest BCUT2D eigenvalue weighted by Crippen LogP contribution is 2.20. The second-order valence-electron chi connectivity index (χ2n) is 5.51. The fraction of sp³-hybridized carbons (Fsp3) is 0.500. The van der Waals surface area contributed by atoms with Gasteiger partial charge in [0, 0.05) is 18.7 Å². The van der Waals surface area contributed by atoms with Gasteiger partial charge in [-0.1, -0.05) is 19.4 Å². The molecule has 0 bridgehead atoms. The number of piperidine rings is 1. The van der Waals surface area contributed by atoms with E-state index in [4.69, 9.17) is 0 Å². The normalized spacial score (nSPS) is 20.4. The van der Waals surface area contributed by atoms with Crippen LogP contribution >= 0.6 is 0 Å². The molecular formula is C16H21N3O. The highest BCUT2D eigenvalue weighted by atomic mass is 16.1. The molecule has 0 aromatic carbocycles. The van der Waals surface area contributed by atoms with Crippen molar-refractivity contribution in [3.05, 3.63) is 35.8 Å². The number of rotatable bonds is 4. The molecule has 1 fully saturated rings. The average molecular weight is 271 g/mol. The lowest BCUT2D eigenvalue weighted by molar-refractivity contribution is 0.111. The van der Waals surface area contributed by atoms with E-state index in [1.807, 2.05) is 28.8 Å². The van der Waals surface area contributed by atoms with Crippen molar-refractivity contribution in [2.75, 3.05) is 13.1 Å². The van der Waals surface area contributed by atoms with Crippen molar-refractivity contribution in [2.24, 2.45) is 0 Å². The van der Waals surface area contributed by atoms with E-state index in [9.17, 15) is 4.79 Å². The van der Waals surface area contributed by atoms with E-state index in [1.165, 1.54) is 25.8 Å². The smallest absolute Gasteiger partial charge is 0.166 e. The molecule has 1 atom stereocenters. The fourth-order valence-electron chi connectivity index (χ4n) is 3.23. The van der Waals surface area contributed by atoms with E-state index in [0.717, 1.165) is 30.6 Å². The number of carbonyl (C=O) groups excluding carboxylic acids is 1. The largest absolute Gasteiger partial charge is 0.300 e. The van der Waals surface area contributed by atoms with Crippen LogP contribution in [0.25, 0.3) is 5.65 Å². The molecule has 0 saturated carbocycles. The van der Waals surface area contributed by atoms with Crippen LogP contribution in [-0.4, -0.2) is 39.7 Å². The Bertz CT molecular complexity index is 605. The van der Waals surface area contributed by atoms with E-state index in [0.29, 0.717) is 11.7 Å². The van der Waals surface area contributed by atoms with Gasteiger partial charge in [-0.15, -0.1) is 0 Å². The van der Waals surface area contributed by atoms with Crippen LogP contribution in [0.1, 0.15) is 42.4 Å². The van der Waals surface area contributed by atoms with Crippen molar-refractivity contribution in [3.8, 4) is 0 Å². The molecule has 3 rings (SSSR count). The molecular weight excluding hydrogens is 250 g/mol. The summed E-state index contributed by atoms with van der Waals surface area (Å²) in [6.45, 7) is 4.54. The van der Waals surface area contributed by atoms with Gasteiger partial charge in [-0.05, 0) is 38.1 Å². The molecule has 1 unspecified atom stereocenters. The maximum Gasteiger partial charge on any atom is 0.166 e. The van der Waals surface area contributed by atoms with Crippen LogP contribution < -0.4 is 0 Å². The summed E-state index contributed by atoms with van der Waals surface area (Å²) in [4.78, 5) is 18.3. The summed E-state index contributed by atoms with van der Waals surface area (Å²) in [7, 11) is 0. The Kier molecular flexibility index (Phi) is 3.83. The van der Waals surface area contributed by atoms with Crippen LogP contribution in [0.4, 0.5) is 0 Å². The topological polar surface area (TPSA) is 37.6 Å². The number of imidazole rings is 1. The third-order valence-electron chi connectivity index (χ3n) is 4.29. The Hall–Kier alpha value is -1.68. The Balaban J connectivity index is 1.85. The zero-order chi connectivity index (χ0) is 13.9. The van der Waals surface area contributed by atoms with Gasteiger partial charge in [-0.3, -0.25) is 9.20 Å². The molecule has 0 N–H and O–H groups in total. The minimum absolute atomic E-state index is 0.596. The Morgan fingerprint density at radius 1 is 1.40 bits per heavy atom. The second-order valence-corrected chi connectivity index (χ2v) is 5.51. The lowest BCUT2D eigenvalue weighted by atomic mass is 9.98. The predicted molar refractivity (Wildman–Crippen MR) is 79.2 cm³/mol. The fourth-order valence-corrected chi connectivity index (χ4v) is 3.23. The van der Waals surface area contributed by atoms with Gasteiger partial charge >= 0.3 is 0 Å². The van der Waals surface area contributed by atoms with E-state index in [1.54, 1.807) is 0 Å². The first-order chi connectivity index (χ1) is 9.81. The number of hydrogen-bond acceptors (Lipinski definition) is 3. The van der Waals surface area contributed by atoms with E-state index in [-0.39, 0.29) is 0 Å². The minimum atomic E-state index is 0.596. The summed E-state index contributed by atoms with van der Waals surface area (Å²) in [5.74, 6) is 0. The van der Waals surface area contributed by atoms with Crippen LogP contribution in [0.2, 0.25) is 0 Å². The molecule has 2 aromatic heterocycles. The molecule has 2 aromatic rings. The van der Waals surface area contributed by atoms with Gasteiger partial charge in [0.25, 0.3) is 0 Å². The third-order valence-corrected chi connectivity index (χ3v) is 4.29. The average Bonchev–Trinajstić information content (AvgIpc) is 2.90. The predicted octanol–water partition coefficient (Wildman–Crippen LogP) is 2.56. The van der Waals surface area contributed by atoms with Gasteiger partial charge in [0.2, 0.25) is 0 Å². The number of carbonyl (C=O) groups is 1. The highest BCUT2D eigenvalue weighted by Gasteiger charge is 2.22. The molecule has 20 heavy (non-hydrogen) atoms. The van der Waals surface area contributed by atoms with Crippen LogP contribution in [0.3, 0.4) is 0 Å². The van der Waals surface area contributed by atoms with Crippen molar-refractivity contribution in [1.82, 2.24) is 14.3 Å². The number of likely N-dealkylation sites (tertiary alicyclic amines) is 1. The van der Waals surface area contributed by atoms with Crippen molar-refractivity contribution >= 4 is 11.9 Å². The zero-order valence-electron chi connectivity index (χ0n) is 12.0. The van der Waals surface area contributed by atoms with E-state index < -0.39 is 0 Å². The molecule has 3 heterocycles. The number of pyridine rings is 1. The lowest BCUT2D eigenvalue weighted by Gasteiger charge is -2.34. The van der Waals surface area contributed by atoms with Crippen LogP contribution in [0, 0.1) is 0 Å². The molecule has 0 radical (unpaired) electrons. The highest BCUT2D eigenvalue weighted by molar-refractivity contribution is 5.73. The Labute approximate surface area is 119 Å². The molecule has 1 aliphatic heterocycles. The summed E-state index contributed by atoms with van der Waals surface area (Å²) in [5, 5.41) is 0. The van der Waals surface area contributed by atoms with Crippen molar-refractivity contribution < 1.29 is 4.79 Å². The maximum absolute atomic E-state index is 11.1. The number of fused-ring (bicyclic) bond motifs is 1. The molecule has 4 heteroatoms. The van der Waals surface area contributed by atoms with Crippen LogP contribution in [0.5, 0.6) is 0 Å². The molecule has 1 saturated heterocycles. The van der Waals surface area contributed by atoms with E-state index >= 15 is 0 Å². The van der Waals surface area contributed by atoms with Crippen LogP contribution in [-0.2, 0) is 6.42 Å². The molecule has 1 aliphatic rings. The zero-order valence-corrected chi connectivity index (χ0v) is 12.0. The van der Waals surface area contributed by atoms with Gasteiger partial charge in [0.1, 0.15) is 5.65 Å². The monoisotopic (exact) mass is 271 g/mol. The number of nitrogens with zero attached hydrogens (tertiary/aromatic N) is 3. The number of likely N-dealkylation sites (N-methyl/N-ethyl adjacent to an activating group) is 1. The summed E-state index contributed by atoms with van der Waals surface area (Å²) in [6, 6.07) is 6.26. The van der Waals surface area contributed by atoms with Gasteiger partial charge in [-0.2, -0.15) is 0 Å². The number of aldehydes is 1. The summed E-state index contributed by atoms with van der Waals surface area (Å²) >= 11 is 0. The molecule has 106 valence electrons. The summed E-state index contributed by atoms with van der Waals surface area (Å²) < 4.78 is 1.89. The first-order valence-corrected chi connectivity index (χ1v) is 7.48. The molecule has 0 aliphatic carbocycles. The Morgan fingerprint density at radius 3 is 3.10 bits per heavy atom. The van der Waals surface area contributed by atoms with Gasteiger partial charge < -0.3 is 4.90 Å². The SMILES string of the molecule is CCN1CCCCC1Cc1cn2c(C=O)cccc2n1. The summed E-state index contributed by atoms with van der Waals surface area (Å²) in [5.41, 5.74) is 2.62. The third kappa shape index (κ3) is 2.48. The van der Waals surface area contributed by atoms with Crippen LogP contribution in [0.15, 0.2) is 24.4 Å². The maximum atomic E-state index is 11.1. The van der Waals surface area contributed by atoms with Gasteiger partial charge in [-0.25, -0.2) is 4.98 Å². The minimum Gasteiger partial charge on any atom is -0.300 e. The van der Waals surface area contributed by atoms with Gasteiger partial charge in [0.05, 0.1) is 11.4 Å². The van der Waals surface area contributed by atoms with Crippen molar-refractivity contribution in [3.63, 3.8) is 0 Å². The molecule has 4 nitrogen and oxygen atoms in total. The van der Waals surface area contributed by atoms with E-state index in [2.05, 4.69) is 16.8 Å². The lowest BCUT2D eigenvalue weighted by Crippen LogP contribution is -2.40. The number of hydrogen-bond donors (Lipinski definition) is 0. The standard InChI is InChI=1S/C16H21N3O/c1-2-18-9-4-3-6-14(18)10-13-11-19-15(12-20)7-5-8-16(19)17-13/h5,7-8,11-12,14H,2-4,6,9-10H2,1H3. The second kappa shape index (κ2) is 5.75. The Morgan fingerprint density at radius 2 is 2.30 bits per heavy atom. The first-order valence-electron chi connectivity index (χ1n) is 7.48.